The fourth-order valence-electron chi connectivity index (χ4n) is 3.28. The summed E-state index contributed by atoms with van der Waals surface area (Å²) < 4.78 is 19.3. The Morgan fingerprint density at radius 1 is 1.23 bits per heavy atom. The average Bonchev–Trinajstić information content (AvgIpc) is 3.18. The Bertz CT molecular complexity index is 791. The standard InChI is InChI=1S/C18H17FN2O/c19-14-9-15(13-6-7-20-11-13)18-16(21-22-17(18)10-14)8-12-4-2-1-3-5-12/h1-5,9-10,13,20H,6-8,11H2. The van der Waals surface area contributed by atoms with Crippen molar-refractivity contribution in [1.82, 2.24) is 10.5 Å². The van der Waals surface area contributed by atoms with Gasteiger partial charge in [-0.25, -0.2) is 4.39 Å². The van der Waals surface area contributed by atoms with Crippen molar-refractivity contribution in [2.24, 2.45) is 0 Å². The molecule has 2 aromatic carbocycles. The van der Waals surface area contributed by atoms with Crippen molar-refractivity contribution < 1.29 is 8.91 Å². The summed E-state index contributed by atoms with van der Waals surface area (Å²) in [5.41, 5.74) is 3.64. The van der Waals surface area contributed by atoms with Crippen LogP contribution in [0.1, 0.15) is 29.2 Å². The highest BCUT2D eigenvalue weighted by molar-refractivity contribution is 5.84. The van der Waals surface area contributed by atoms with Gasteiger partial charge in [-0.2, -0.15) is 0 Å². The van der Waals surface area contributed by atoms with Gasteiger partial charge in [-0.15, -0.1) is 0 Å². The summed E-state index contributed by atoms with van der Waals surface area (Å²) in [5, 5.41) is 8.53. The molecule has 3 aromatic rings. The third-order valence-corrected chi connectivity index (χ3v) is 4.35. The predicted molar refractivity (Wildman–Crippen MR) is 83.4 cm³/mol. The number of halogens is 1. The number of hydrogen-bond acceptors (Lipinski definition) is 3. The van der Waals surface area contributed by atoms with Crippen molar-refractivity contribution in [2.75, 3.05) is 13.1 Å². The first kappa shape index (κ1) is 13.5. The SMILES string of the molecule is Fc1cc(C2CCNC2)c2c(Cc3ccccc3)noc2c1. The van der Waals surface area contributed by atoms with Crippen LogP contribution in [0.4, 0.5) is 4.39 Å². The number of rotatable bonds is 3. The van der Waals surface area contributed by atoms with E-state index in [-0.39, 0.29) is 5.82 Å². The molecule has 0 spiro atoms. The summed E-state index contributed by atoms with van der Waals surface area (Å²) in [6.45, 7) is 1.86. The van der Waals surface area contributed by atoms with E-state index < -0.39 is 0 Å². The van der Waals surface area contributed by atoms with E-state index in [0.717, 1.165) is 36.2 Å². The topological polar surface area (TPSA) is 38.1 Å². The molecule has 0 aliphatic carbocycles. The van der Waals surface area contributed by atoms with Crippen LogP contribution in [0.15, 0.2) is 47.0 Å². The highest BCUT2D eigenvalue weighted by Gasteiger charge is 2.23. The number of fused-ring (bicyclic) bond motifs is 1. The monoisotopic (exact) mass is 296 g/mol. The molecule has 1 atom stereocenters. The Hall–Kier alpha value is -2.20. The van der Waals surface area contributed by atoms with Crippen LogP contribution in [0, 0.1) is 5.82 Å². The molecular weight excluding hydrogens is 279 g/mol. The van der Waals surface area contributed by atoms with Gasteiger partial charge in [0.1, 0.15) is 5.82 Å². The highest BCUT2D eigenvalue weighted by atomic mass is 19.1. The van der Waals surface area contributed by atoms with E-state index in [4.69, 9.17) is 4.52 Å². The van der Waals surface area contributed by atoms with Crippen LogP contribution in [0.5, 0.6) is 0 Å². The van der Waals surface area contributed by atoms with Crippen molar-refractivity contribution in [3.8, 4) is 0 Å². The van der Waals surface area contributed by atoms with Crippen LogP contribution >= 0.6 is 0 Å². The van der Waals surface area contributed by atoms with Gasteiger partial charge in [0.2, 0.25) is 0 Å². The third-order valence-electron chi connectivity index (χ3n) is 4.35. The van der Waals surface area contributed by atoms with Gasteiger partial charge in [-0.1, -0.05) is 35.5 Å². The van der Waals surface area contributed by atoms with Crippen molar-refractivity contribution in [3.63, 3.8) is 0 Å². The summed E-state index contributed by atoms with van der Waals surface area (Å²) in [4.78, 5) is 0. The van der Waals surface area contributed by atoms with E-state index in [9.17, 15) is 4.39 Å². The molecule has 0 amide bonds. The van der Waals surface area contributed by atoms with Gasteiger partial charge in [-0.3, -0.25) is 0 Å². The molecule has 2 heterocycles. The Morgan fingerprint density at radius 3 is 2.86 bits per heavy atom. The number of nitrogens with one attached hydrogen (secondary N) is 1. The maximum absolute atomic E-state index is 13.9. The smallest absolute Gasteiger partial charge is 0.170 e. The minimum Gasteiger partial charge on any atom is -0.356 e. The summed E-state index contributed by atoms with van der Waals surface area (Å²) in [6, 6.07) is 13.2. The van der Waals surface area contributed by atoms with Gasteiger partial charge in [0.05, 0.1) is 5.69 Å². The van der Waals surface area contributed by atoms with Crippen LogP contribution in [0.3, 0.4) is 0 Å². The van der Waals surface area contributed by atoms with Crippen LogP contribution in [0.25, 0.3) is 11.0 Å². The van der Waals surface area contributed by atoms with E-state index in [1.54, 1.807) is 6.07 Å². The van der Waals surface area contributed by atoms with Crippen LogP contribution in [0.2, 0.25) is 0 Å². The molecule has 1 unspecified atom stereocenters. The number of hydrogen-bond donors (Lipinski definition) is 1. The van der Waals surface area contributed by atoms with Gasteiger partial charge < -0.3 is 9.84 Å². The van der Waals surface area contributed by atoms with Crippen molar-refractivity contribution in [2.45, 2.75) is 18.8 Å². The molecule has 1 aliphatic heterocycles. The zero-order valence-electron chi connectivity index (χ0n) is 12.2. The minimum absolute atomic E-state index is 0.253. The minimum atomic E-state index is -0.253. The van der Waals surface area contributed by atoms with E-state index in [2.05, 4.69) is 22.6 Å². The molecule has 1 aromatic heterocycles. The lowest BCUT2D eigenvalue weighted by Gasteiger charge is -2.11. The molecule has 22 heavy (non-hydrogen) atoms. The molecule has 0 radical (unpaired) electrons. The summed E-state index contributed by atoms with van der Waals surface area (Å²) in [6.07, 6.45) is 1.72. The van der Waals surface area contributed by atoms with E-state index in [0.29, 0.717) is 17.9 Å². The van der Waals surface area contributed by atoms with Crippen LogP contribution in [-0.2, 0) is 6.42 Å². The van der Waals surface area contributed by atoms with E-state index >= 15 is 0 Å². The van der Waals surface area contributed by atoms with Gasteiger partial charge >= 0.3 is 0 Å². The molecule has 112 valence electrons. The van der Waals surface area contributed by atoms with Crippen LogP contribution < -0.4 is 5.32 Å². The van der Waals surface area contributed by atoms with Gasteiger partial charge in [0.25, 0.3) is 0 Å². The van der Waals surface area contributed by atoms with Gasteiger partial charge in [0, 0.05) is 24.4 Å². The molecule has 4 heteroatoms. The lowest BCUT2D eigenvalue weighted by atomic mass is 9.92. The maximum atomic E-state index is 13.9. The summed E-state index contributed by atoms with van der Waals surface area (Å²) in [5.74, 6) is 0.0731. The number of benzene rings is 2. The largest absolute Gasteiger partial charge is 0.356 e. The number of nitrogens with zero attached hydrogens (tertiary/aromatic N) is 1. The second-order valence-corrected chi connectivity index (χ2v) is 5.85. The first-order valence-corrected chi connectivity index (χ1v) is 7.63. The molecule has 3 nitrogen and oxygen atoms in total. The Kier molecular flexibility index (Phi) is 3.39. The summed E-state index contributed by atoms with van der Waals surface area (Å²) >= 11 is 0. The third kappa shape index (κ3) is 2.40. The van der Waals surface area contributed by atoms with Gasteiger partial charge in [-0.05, 0) is 36.1 Å². The fourth-order valence-corrected chi connectivity index (χ4v) is 3.28. The predicted octanol–water partition coefficient (Wildman–Crippen LogP) is 3.63. The zero-order valence-corrected chi connectivity index (χ0v) is 12.2. The average molecular weight is 296 g/mol. The highest BCUT2D eigenvalue weighted by Crippen LogP contribution is 2.33. The first-order chi connectivity index (χ1) is 10.8. The van der Waals surface area contributed by atoms with Crippen molar-refractivity contribution in [1.29, 1.82) is 0 Å². The quantitative estimate of drug-likeness (QED) is 0.802. The van der Waals surface area contributed by atoms with Crippen molar-refractivity contribution in [3.05, 3.63) is 65.1 Å². The Morgan fingerprint density at radius 2 is 2.09 bits per heavy atom. The first-order valence-electron chi connectivity index (χ1n) is 7.63. The molecule has 1 N–H and O–H groups in total. The van der Waals surface area contributed by atoms with Gasteiger partial charge in [0.15, 0.2) is 5.58 Å². The molecule has 1 fully saturated rings. The van der Waals surface area contributed by atoms with E-state index in [1.165, 1.54) is 11.6 Å². The number of aromatic nitrogens is 1. The normalized spacial score (nSPS) is 18.1. The van der Waals surface area contributed by atoms with Crippen LogP contribution in [-0.4, -0.2) is 18.2 Å². The second-order valence-electron chi connectivity index (χ2n) is 5.85. The Labute approximate surface area is 128 Å². The van der Waals surface area contributed by atoms with E-state index in [1.807, 2.05) is 18.2 Å². The fraction of sp³-hybridized carbons (Fsp3) is 0.278. The molecule has 1 saturated heterocycles. The summed E-state index contributed by atoms with van der Waals surface area (Å²) in [7, 11) is 0. The molecule has 1 aliphatic rings. The maximum Gasteiger partial charge on any atom is 0.170 e. The second kappa shape index (κ2) is 5.54. The molecule has 0 bridgehead atoms. The molecule has 0 saturated carbocycles. The Balaban J connectivity index is 1.82. The lowest BCUT2D eigenvalue weighted by molar-refractivity contribution is 0.446. The lowest BCUT2D eigenvalue weighted by Crippen LogP contribution is -2.08. The zero-order chi connectivity index (χ0) is 14.9. The molecular formula is C18H17FN2O. The molecule has 4 rings (SSSR count). The van der Waals surface area contributed by atoms with Crippen molar-refractivity contribution >= 4 is 11.0 Å².